The highest BCUT2D eigenvalue weighted by atomic mass is 19.4. The molecule has 0 spiro atoms. The zero-order chi connectivity index (χ0) is 28.4. The Hall–Kier alpha value is -3.07. The average Bonchev–Trinajstić information content (AvgIpc) is 2.92. The summed E-state index contributed by atoms with van der Waals surface area (Å²) in [6.45, 7) is 4.21. The van der Waals surface area contributed by atoms with E-state index in [0.29, 0.717) is 30.2 Å². The number of nitrogens with zero attached hydrogens (tertiary/aromatic N) is 3. The van der Waals surface area contributed by atoms with Crippen LogP contribution in [0.2, 0.25) is 0 Å². The van der Waals surface area contributed by atoms with Gasteiger partial charge in [0.05, 0.1) is 0 Å². The molecule has 2 aromatic rings. The normalized spacial score (nSPS) is 19.1. The van der Waals surface area contributed by atoms with Crippen LogP contribution in [-0.2, 0) is 10.4 Å². The number of carbonyl (C=O) groups is 2. The van der Waals surface area contributed by atoms with E-state index >= 15 is 0 Å². The van der Waals surface area contributed by atoms with Gasteiger partial charge in [0, 0.05) is 57.1 Å². The topological polar surface area (TPSA) is 64.1 Å². The highest BCUT2D eigenvalue weighted by Crippen LogP contribution is 2.41. The summed E-state index contributed by atoms with van der Waals surface area (Å²) in [5, 5.41) is 10.6. The van der Waals surface area contributed by atoms with Crippen molar-refractivity contribution < 1.29 is 27.9 Å². The van der Waals surface area contributed by atoms with Gasteiger partial charge in [0.25, 0.3) is 17.4 Å². The van der Waals surface area contributed by atoms with Crippen molar-refractivity contribution >= 4 is 17.5 Å². The number of carbonyl (C=O) groups excluding carboxylic acids is 2. The zero-order valence-corrected chi connectivity index (χ0v) is 22.9. The van der Waals surface area contributed by atoms with Gasteiger partial charge in [-0.15, -0.1) is 0 Å². The van der Waals surface area contributed by atoms with Gasteiger partial charge in [-0.3, -0.25) is 9.59 Å². The fraction of sp³-hybridized carbons (Fsp3) is 0.533. The number of aryl methyl sites for hydroxylation is 1. The maximum atomic E-state index is 13.9. The number of hydrogen-bond donors (Lipinski definition) is 1. The van der Waals surface area contributed by atoms with E-state index in [2.05, 4.69) is 11.0 Å². The van der Waals surface area contributed by atoms with Crippen molar-refractivity contribution in [2.75, 3.05) is 45.2 Å². The van der Waals surface area contributed by atoms with Crippen LogP contribution >= 0.6 is 0 Å². The lowest BCUT2D eigenvalue weighted by Crippen LogP contribution is -2.57. The molecule has 9 heteroatoms. The number of benzene rings is 2. The molecule has 212 valence electrons. The molecule has 2 aliphatic heterocycles. The van der Waals surface area contributed by atoms with Gasteiger partial charge in [-0.25, -0.2) is 0 Å². The van der Waals surface area contributed by atoms with Crippen LogP contribution < -0.4 is 4.90 Å². The number of halogens is 3. The Morgan fingerprint density at radius 3 is 2.00 bits per heavy atom. The van der Waals surface area contributed by atoms with Gasteiger partial charge in [-0.1, -0.05) is 30.3 Å². The largest absolute Gasteiger partial charge is 0.430 e. The maximum Gasteiger partial charge on any atom is 0.430 e. The quantitative estimate of drug-likeness (QED) is 0.556. The smallest absolute Gasteiger partial charge is 0.372 e. The van der Waals surface area contributed by atoms with Crippen molar-refractivity contribution in [3.63, 3.8) is 0 Å². The summed E-state index contributed by atoms with van der Waals surface area (Å²) in [7, 11) is 3.49. The molecule has 1 atom stereocenters. The predicted molar refractivity (Wildman–Crippen MR) is 144 cm³/mol. The summed E-state index contributed by atoms with van der Waals surface area (Å²) in [5.74, 6) is -0.421. The number of rotatable bonds is 6. The maximum absolute atomic E-state index is 13.9. The second kappa shape index (κ2) is 11.6. The molecular formula is C30H38F3N3O3. The van der Waals surface area contributed by atoms with Gasteiger partial charge in [-0.2, -0.15) is 13.2 Å². The van der Waals surface area contributed by atoms with Crippen molar-refractivity contribution in [3.05, 3.63) is 65.2 Å². The van der Waals surface area contributed by atoms with Crippen molar-refractivity contribution in [2.24, 2.45) is 11.8 Å². The van der Waals surface area contributed by atoms with E-state index in [-0.39, 0.29) is 19.0 Å². The molecule has 6 nitrogen and oxygen atoms in total. The van der Waals surface area contributed by atoms with Crippen LogP contribution in [0.4, 0.5) is 18.9 Å². The number of likely N-dealkylation sites (tertiary alicyclic amines) is 1. The molecule has 2 saturated heterocycles. The standard InChI is InChI=1S/C30H38F3N3O3/c1-21-19-25(9-10-26(21)27(37)34(2)3)35-15-11-22(12-16-35)20-23-13-17-36(18-14-23)28(38)29(39,30(31,32)33)24-7-5-4-6-8-24/h4-10,19,22-23,39H,11-18,20H2,1-3H3. The number of amides is 2. The van der Waals surface area contributed by atoms with Gasteiger partial charge in [0.15, 0.2) is 0 Å². The van der Waals surface area contributed by atoms with Crippen LogP contribution in [0, 0.1) is 18.8 Å². The monoisotopic (exact) mass is 545 g/mol. The van der Waals surface area contributed by atoms with Crippen LogP contribution in [0.5, 0.6) is 0 Å². The molecule has 39 heavy (non-hydrogen) atoms. The number of alkyl halides is 3. The third-order valence-corrected chi connectivity index (χ3v) is 8.31. The minimum absolute atomic E-state index is 0.00587. The zero-order valence-electron chi connectivity index (χ0n) is 22.9. The molecule has 0 saturated carbocycles. The van der Waals surface area contributed by atoms with Crippen molar-refractivity contribution in [3.8, 4) is 0 Å². The summed E-state index contributed by atoms with van der Waals surface area (Å²) >= 11 is 0. The molecule has 0 aliphatic carbocycles. The van der Waals surface area contributed by atoms with E-state index in [9.17, 15) is 27.9 Å². The molecule has 1 N–H and O–H groups in total. The van der Waals surface area contributed by atoms with Gasteiger partial charge in [0.1, 0.15) is 0 Å². The van der Waals surface area contributed by atoms with Crippen molar-refractivity contribution in [1.29, 1.82) is 0 Å². The van der Waals surface area contributed by atoms with Crippen molar-refractivity contribution in [1.82, 2.24) is 9.80 Å². The molecule has 1 unspecified atom stereocenters. The summed E-state index contributed by atoms with van der Waals surface area (Å²) < 4.78 is 41.8. The fourth-order valence-electron chi connectivity index (χ4n) is 5.91. The first-order valence-corrected chi connectivity index (χ1v) is 13.6. The van der Waals surface area contributed by atoms with Gasteiger partial charge >= 0.3 is 6.18 Å². The van der Waals surface area contributed by atoms with Crippen molar-refractivity contribution in [2.45, 2.75) is 50.8 Å². The fourth-order valence-corrected chi connectivity index (χ4v) is 5.91. The molecule has 2 aliphatic rings. The Bertz CT molecular complexity index is 1160. The molecule has 0 aromatic heterocycles. The average molecular weight is 546 g/mol. The van der Waals surface area contributed by atoms with Gasteiger partial charge in [-0.05, 0) is 74.6 Å². The van der Waals surface area contributed by atoms with E-state index in [1.807, 2.05) is 19.1 Å². The molecule has 2 heterocycles. The Labute approximate surface area is 228 Å². The van der Waals surface area contributed by atoms with E-state index in [1.165, 1.54) is 17.0 Å². The van der Waals surface area contributed by atoms with Crippen LogP contribution in [-0.4, -0.2) is 73.2 Å². The Balaban J connectivity index is 1.29. The third-order valence-electron chi connectivity index (χ3n) is 8.31. The lowest BCUT2D eigenvalue weighted by atomic mass is 9.82. The van der Waals surface area contributed by atoms with Crippen LogP contribution in [0.25, 0.3) is 0 Å². The number of aliphatic hydroxyl groups is 1. The molecule has 2 aromatic carbocycles. The van der Waals surface area contributed by atoms with E-state index < -0.39 is 23.2 Å². The van der Waals surface area contributed by atoms with E-state index in [4.69, 9.17) is 0 Å². The molecule has 2 amide bonds. The SMILES string of the molecule is Cc1cc(N2CCC(CC3CCN(C(=O)C(O)(c4ccccc4)C(F)(F)F)CC3)CC2)ccc1C(=O)N(C)C. The minimum Gasteiger partial charge on any atom is -0.372 e. The lowest BCUT2D eigenvalue weighted by Gasteiger charge is -2.40. The highest BCUT2D eigenvalue weighted by Gasteiger charge is 2.62. The molecule has 0 bridgehead atoms. The Morgan fingerprint density at radius 1 is 0.923 bits per heavy atom. The second-order valence-corrected chi connectivity index (χ2v) is 11.2. The molecule has 2 fully saturated rings. The summed E-state index contributed by atoms with van der Waals surface area (Å²) in [6, 6.07) is 12.6. The third kappa shape index (κ3) is 6.08. The van der Waals surface area contributed by atoms with Gasteiger partial charge in [0.2, 0.25) is 0 Å². The van der Waals surface area contributed by atoms with Crippen LogP contribution in [0.1, 0.15) is 53.6 Å². The predicted octanol–water partition coefficient (Wildman–Crippen LogP) is 4.99. The van der Waals surface area contributed by atoms with Crippen LogP contribution in [0.15, 0.2) is 48.5 Å². The molecule has 0 radical (unpaired) electrons. The van der Waals surface area contributed by atoms with E-state index in [0.717, 1.165) is 55.7 Å². The number of anilines is 1. The number of piperidine rings is 2. The first-order chi connectivity index (χ1) is 18.4. The summed E-state index contributed by atoms with van der Waals surface area (Å²) in [6.07, 6.45) is -0.800. The minimum atomic E-state index is -5.11. The Morgan fingerprint density at radius 2 is 1.49 bits per heavy atom. The first-order valence-electron chi connectivity index (χ1n) is 13.6. The lowest BCUT2D eigenvalue weighted by molar-refractivity contribution is -0.262. The molecular weight excluding hydrogens is 507 g/mol. The summed E-state index contributed by atoms with van der Waals surface area (Å²) in [5.41, 5.74) is -1.21. The molecule has 4 rings (SSSR count). The van der Waals surface area contributed by atoms with E-state index in [1.54, 1.807) is 25.1 Å². The Kier molecular flexibility index (Phi) is 8.59. The first kappa shape index (κ1) is 28.9. The van der Waals surface area contributed by atoms with Gasteiger partial charge < -0.3 is 19.8 Å². The highest BCUT2D eigenvalue weighted by molar-refractivity contribution is 5.95. The summed E-state index contributed by atoms with van der Waals surface area (Å²) in [4.78, 5) is 30.4. The number of hydrogen-bond acceptors (Lipinski definition) is 4. The second-order valence-electron chi connectivity index (χ2n) is 11.2. The van der Waals surface area contributed by atoms with Crippen LogP contribution in [0.3, 0.4) is 0 Å².